The molecule has 0 bridgehead atoms. The lowest BCUT2D eigenvalue weighted by Crippen LogP contribution is -2.03. The van der Waals surface area contributed by atoms with E-state index in [1.165, 1.54) is 12.1 Å². The van der Waals surface area contributed by atoms with E-state index in [1.807, 2.05) is 0 Å². The van der Waals surface area contributed by atoms with Crippen LogP contribution in [-0.4, -0.2) is 20.4 Å². The molecule has 7 nitrogen and oxygen atoms in total. The van der Waals surface area contributed by atoms with Gasteiger partial charge in [0, 0.05) is 17.7 Å². The molecule has 0 saturated carbocycles. The van der Waals surface area contributed by atoms with Gasteiger partial charge in [0.15, 0.2) is 16.9 Å². The second-order valence-corrected chi connectivity index (χ2v) is 4.63. The van der Waals surface area contributed by atoms with Gasteiger partial charge < -0.3 is 29.9 Å². The molecule has 0 unspecified atom stereocenters. The highest BCUT2D eigenvalue weighted by Crippen LogP contribution is 2.38. The Morgan fingerprint density at radius 2 is 1.59 bits per heavy atom. The molecular weight excluding hydrogens is 292 g/mol. The molecule has 0 amide bonds. The largest absolute Gasteiger partial charge is 0.867 e. The quantitative estimate of drug-likeness (QED) is 0.498. The van der Waals surface area contributed by atoms with Gasteiger partial charge in [-0.3, -0.25) is 4.79 Å². The molecule has 0 radical (unpaired) electrons. The first-order chi connectivity index (χ1) is 10.4. The summed E-state index contributed by atoms with van der Waals surface area (Å²) < 4.78 is 5.29. The van der Waals surface area contributed by atoms with Crippen molar-refractivity contribution in [3.8, 4) is 40.1 Å². The Morgan fingerprint density at radius 1 is 0.864 bits per heavy atom. The van der Waals surface area contributed by atoms with Gasteiger partial charge in [-0.05, 0) is 23.9 Å². The van der Waals surface area contributed by atoms with Crippen LogP contribution in [0.4, 0.5) is 0 Å². The van der Waals surface area contributed by atoms with Crippen molar-refractivity contribution in [2.45, 2.75) is 0 Å². The van der Waals surface area contributed by atoms with E-state index in [-0.39, 0.29) is 22.5 Å². The zero-order valence-corrected chi connectivity index (χ0v) is 10.9. The van der Waals surface area contributed by atoms with Gasteiger partial charge in [0.25, 0.3) is 0 Å². The predicted octanol–water partition coefficient (Wildman–Crippen LogP) is 1.36. The number of aromatic hydroxyl groups is 4. The Balaban J connectivity index is 2.35. The SMILES string of the molecule is O=c1cc(-c2ccc(O)c(O)c2)oc2c([O-])c(O)cc(O)c12. The Hall–Kier alpha value is -3.35. The molecule has 0 spiro atoms. The van der Waals surface area contributed by atoms with Gasteiger partial charge in [0.05, 0.1) is 0 Å². The van der Waals surface area contributed by atoms with Gasteiger partial charge in [0.2, 0.25) is 0 Å². The molecule has 1 aromatic heterocycles. The fraction of sp³-hybridized carbons (Fsp3) is 0. The number of hydrogen-bond donors (Lipinski definition) is 4. The van der Waals surface area contributed by atoms with E-state index >= 15 is 0 Å². The van der Waals surface area contributed by atoms with E-state index in [1.54, 1.807) is 0 Å². The number of rotatable bonds is 1. The van der Waals surface area contributed by atoms with Crippen molar-refractivity contribution in [2.24, 2.45) is 0 Å². The maximum absolute atomic E-state index is 12.1. The van der Waals surface area contributed by atoms with Crippen LogP contribution in [0, 0.1) is 0 Å². The first kappa shape index (κ1) is 13.6. The van der Waals surface area contributed by atoms with Gasteiger partial charge in [0.1, 0.15) is 28.2 Å². The van der Waals surface area contributed by atoms with Crippen LogP contribution >= 0.6 is 0 Å². The normalized spacial score (nSPS) is 10.9. The highest BCUT2D eigenvalue weighted by molar-refractivity contribution is 5.91. The third-order valence-corrected chi connectivity index (χ3v) is 3.18. The van der Waals surface area contributed by atoms with E-state index < -0.39 is 34.0 Å². The van der Waals surface area contributed by atoms with Crippen LogP contribution in [0.1, 0.15) is 0 Å². The molecule has 0 aliphatic heterocycles. The van der Waals surface area contributed by atoms with Crippen molar-refractivity contribution in [2.75, 3.05) is 0 Å². The van der Waals surface area contributed by atoms with Crippen molar-refractivity contribution in [1.29, 1.82) is 0 Å². The summed E-state index contributed by atoms with van der Waals surface area (Å²) in [6, 6.07) is 5.50. The summed E-state index contributed by atoms with van der Waals surface area (Å²) in [6.45, 7) is 0. The molecule has 1 heterocycles. The highest BCUT2D eigenvalue weighted by Gasteiger charge is 2.14. The first-order valence-corrected chi connectivity index (χ1v) is 6.10. The van der Waals surface area contributed by atoms with Crippen molar-refractivity contribution in [3.05, 3.63) is 40.6 Å². The molecule has 2 aromatic carbocycles. The van der Waals surface area contributed by atoms with Gasteiger partial charge in [-0.25, -0.2) is 0 Å². The van der Waals surface area contributed by atoms with Crippen LogP contribution in [0.15, 0.2) is 39.5 Å². The monoisotopic (exact) mass is 301 g/mol. The fourth-order valence-electron chi connectivity index (χ4n) is 2.10. The summed E-state index contributed by atoms with van der Waals surface area (Å²) in [6.07, 6.45) is 0. The summed E-state index contributed by atoms with van der Waals surface area (Å²) in [5, 5.41) is 49.4. The topological polar surface area (TPSA) is 134 Å². The second kappa shape index (κ2) is 4.59. The average molecular weight is 301 g/mol. The Kier molecular flexibility index (Phi) is 2.84. The van der Waals surface area contributed by atoms with Crippen molar-refractivity contribution >= 4 is 11.0 Å². The average Bonchev–Trinajstić information content (AvgIpc) is 2.47. The molecule has 7 heteroatoms. The third-order valence-electron chi connectivity index (χ3n) is 3.18. The number of benzene rings is 2. The van der Waals surface area contributed by atoms with Gasteiger partial charge >= 0.3 is 0 Å². The minimum Gasteiger partial charge on any atom is -0.867 e. The summed E-state index contributed by atoms with van der Waals surface area (Å²) >= 11 is 0. The number of hydrogen-bond acceptors (Lipinski definition) is 7. The summed E-state index contributed by atoms with van der Waals surface area (Å²) in [5.74, 6) is -3.10. The van der Waals surface area contributed by atoms with E-state index in [2.05, 4.69) is 0 Å². The molecule has 0 aliphatic rings. The highest BCUT2D eigenvalue weighted by atomic mass is 16.4. The van der Waals surface area contributed by atoms with Gasteiger partial charge in [-0.15, -0.1) is 0 Å². The molecule has 0 fully saturated rings. The molecule has 0 atom stereocenters. The standard InChI is InChI=1S/C15H10O7/c16-7-2-1-6(3-8(7)17)12-5-10(19)13-9(18)4-11(20)14(21)15(13)22-12/h1-5,16-18,20-21H/p-1. The lowest BCUT2D eigenvalue weighted by Gasteiger charge is -2.13. The molecule has 3 aromatic rings. The predicted molar refractivity (Wildman–Crippen MR) is 74.0 cm³/mol. The fourth-order valence-corrected chi connectivity index (χ4v) is 2.10. The van der Waals surface area contributed by atoms with E-state index in [0.717, 1.165) is 18.2 Å². The molecule has 0 aliphatic carbocycles. The van der Waals surface area contributed by atoms with Crippen LogP contribution in [0.3, 0.4) is 0 Å². The molecule has 22 heavy (non-hydrogen) atoms. The van der Waals surface area contributed by atoms with Crippen LogP contribution in [-0.2, 0) is 0 Å². The molecular formula is C15H9O7-. The maximum atomic E-state index is 12.1. The Bertz CT molecular complexity index is 956. The smallest absolute Gasteiger partial charge is 0.197 e. The lowest BCUT2D eigenvalue weighted by atomic mass is 10.1. The van der Waals surface area contributed by atoms with Gasteiger partial charge in [-0.1, -0.05) is 0 Å². The minimum absolute atomic E-state index is 0.0603. The molecule has 112 valence electrons. The van der Waals surface area contributed by atoms with Gasteiger partial charge in [-0.2, -0.15) is 0 Å². The molecule has 4 N–H and O–H groups in total. The maximum Gasteiger partial charge on any atom is 0.197 e. The molecule has 3 rings (SSSR count). The van der Waals surface area contributed by atoms with Crippen LogP contribution < -0.4 is 10.5 Å². The zero-order chi connectivity index (χ0) is 16.0. The summed E-state index contributed by atoms with van der Waals surface area (Å²) in [5.41, 5.74) is -0.942. The first-order valence-electron chi connectivity index (χ1n) is 6.10. The third kappa shape index (κ3) is 1.96. The number of phenolic OH excluding ortho intramolecular Hbond substituents is 4. The van der Waals surface area contributed by atoms with Crippen LogP contribution in [0.25, 0.3) is 22.3 Å². The second-order valence-electron chi connectivity index (χ2n) is 4.63. The minimum atomic E-state index is -0.935. The number of phenols is 4. The van der Waals surface area contributed by atoms with Crippen LogP contribution in [0.2, 0.25) is 0 Å². The van der Waals surface area contributed by atoms with E-state index in [4.69, 9.17) is 4.42 Å². The van der Waals surface area contributed by atoms with Crippen molar-refractivity contribution in [1.82, 2.24) is 0 Å². The van der Waals surface area contributed by atoms with E-state index in [9.17, 15) is 30.3 Å². The molecule has 0 saturated heterocycles. The van der Waals surface area contributed by atoms with Crippen molar-refractivity contribution < 1.29 is 29.9 Å². The summed E-state index contributed by atoms with van der Waals surface area (Å²) in [7, 11) is 0. The van der Waals surface area contributed by atoms with E-state index in [0.29, 0.717) is 0 Å². The van der Waals surface area contributed by atoms with Crippen molar-refractivity contribution in [3.63, 3.8) is 0 Å². The van der Waals surface area contributed by atoms with Crippen LogP contribution in [0.5, 0.6) is 28.7 Å². The zero-order valence-electron chi connectivity index (χ0n) is 10.9. The number of fused-ring (bicyclic) bond motifs is 1. The Morgan fingerprint density at radius 3 is 2.27 bits per heavy atom. The summed E-state index contributed by atoms with van der Waals surface area (Å²) in [4.78, 5) is 12.1. The Labute approximate surface area is 122 Å². The lowest BCUT2D eigenvalue weighted by molar-refractivity contribution is -0.268.